The zero-order valence-electron chi connectivity index (χ0n) is 11.0. The average Bonchev–Trinajstić information content (AvgIpc) is 2.27. The van der Waals surface area contributed by atoms with Gasteiger partial charge in [0.15, 0.2) is 0 Å². The Morgan fingerprint density at radius 2 is 2.00 bits per heavy atom. The van der Waals surface area contributed by atoms with Gasteiger partial charge in [0, 0.05) is 5.54 Å². The van der Waals surface area contributed by atoms with E-state index in [2.05, 4.69) is 19.1 Å². The fraction of sp³-hybridized carbons (Fsp3) is 0.571. The highest BCUT2D eigenvalue weighted by atomic mass is 16.5. The third-order valence-electron chi connectivity index (χ3n) is 2.28. The SMILES string of the molecule is CCc1cccc(OCCOCC(C)(C)N)c1. The first-order chi connectivity index (χ1) is 8.01. The summed E-state index contributed by atoms with van der Waals surface area (Å²) in [6.07, 6.45) is 1.02. The van der Waals surface area contributed by atoms with Crippen molar-refractivity contribution < 1.29 is 9.47 Å². The lowest BCUT2D eigenvalue weighted by Crippen LogP contribution is -2.37. The molecule has 96 valence electrons. The molecule has 0 bridgehead atoms. The number of hydrogen-bond donors (Lipinski definition) is 1. The van der Waals surface area contributed by atoms with E-state index in [1.807, 2.05) is 26.0 Å². The molecule has 0 fully saturated rings. The molecule has 1 aromatic rings. The highest BCUT2D eigenvalue weighted by Crippen LogP contribution is 2.13. The standard InChI is InChI=1S/C14H23NO2/c1-4-12-6-5-7-13(10-12)17-9-8-16-11-14(2,3)15/h5-7,10H,4,8-9,11,15H2,1-3H3. The van der Waals surface area contributed by atoms with Crippen LogP contribution in [-0.2, 0) is 11.2 Å². The van der Waals surface area contributed by atoms with Crippen molar-refractivity contribution in [3.05, 3.63) is 29.8 Å². The van der Waals surface area contributed by atoms with Gasteiger partial charge in [0.25, 0.3) is 0 Å². The molecule has 0 aliphatic carbocycles. The lowest BCUT2D eigenvalue weighted by molar-refractivity contribution is 0.0724. The van der Waals surface area contributed by atoms with E-state index < -0.39 is 0 Å². The van der Waals surface area contributed by atoms with Crippen molar-refractivity contribution in [2.75, 3.05) is 19.8 Å². The fourth-order valence-electron chi connectivity index (χ4n) is 1.41. The number of ether oxygens (including phenoxy) is 2. The van der Waals surface area contributed by atoms with Crippen LogP contribution >= 0.6 is 0 Å². The molecule has 2 N–H and O–H groups in total. The molecule has 17 heavy (non-hydrogen) atoms. The number of nitrogens with two attached hydrogens (primary N) is 1. The molecule has 0 unspecified atom stereocenters. The summed E-state index contributed by atoms with van der Waals surface area (Å²) in [5, 5.41) is 0. The van der Waals surface area contributed by atoms with Crippen molar-refractivity contribution >= 4 is 0 Å². The Morgan fingerprint density at radius 3 is 2.65 bits per heavy atom. The van der Waals surface area contributed by atoms with Crippen molar-refractivity contribution in [3.8, 4) is 5.75 Å². The van der Waals surface area contributed by atoms with E-state index >= 15 is 0 Å². The molecule has 0 radical (unpaired) electrons. The predicted octanol–water partition coefficient (Wildman–Crippen LogP) is 2.38. The lowest BCUT2D eigenvalue weighted by Gasteiger charge is -2.18. The van der Waals surface area contributed by atoms with Gasteiger partial charge in [0.1, 0.15) is 12.4 Å². The van der Waals surface area contributed by atoms with E-state index in [1.165, 1.54) is 5.56 Å². The van der Waals surface area contributed by atoms with Crippen LogP contribution in [0.5, 0.6) is 5.75 Å². The zero-order valence-corrected chi connectivity index (χ0v) is 11.0. The molecule has 1 aromatic carbocycles. The van der Waals surface area contributed by atoms with Gasteiger partial charge < -0.3 is 15.2 Å². The first-order valence-electron chi connectivity index (χ1n) is 6.09. The number of aryl methyl sites for hydroxylation is 1. The molecule has 3 nitrogen and oxygen atoms in total. The van der Waals surface area contributed by atoms with Crippen LogP contribution in [0.3, 0.4) is 0 Å². The van der Waals surface area contributed by atoms with Crippen molar-refractivity contribution in [2.45, 2.75) is 32.7 Å². The monoisotopic (exact) mass is 237 g/mol. The Hall–Kier alpha value is -1.06. The largest absolute Gasteiger partial charge is 0.491 e. The van der Waals surface area contributed by atoms with Crippen LogP contribution in [0.4, 0.5) is 0 Å². The number of hydrogen-bond acceptors (Lipinski definition) is 3. The normalized spacial score (nSPS) is 11.5. The van der Waals surface area contributed by atoms with Crippen molar-refractivity contribution in [2.24, 2.45) is 5.73 Å². The van der Waals surface area contributed by atoms with Gasteiger partial charge in [0.05, 0.1) is 13.2 Å². The van der Waals surface area contributed by atoms with Crippen molar-refractivity contribution in [1.29, 1.82) is 0 Å². The minimum absolute atomic E-state index is 0.276. The maximum absolute atomic E-state index is 5.80. The quantitative estimate of drug-likeness (QED) is 0.740. The molecular weight excluding hydrogens is 214 g/mol. The van der Waals surface area contributed by atoms with Crippen molar-refractivity contribution in [1.82, 2.24) is 0 Å². The molecule has 0 heterocycles. The molecule has 3 heteroatoms. The average molecular weight is 237 g/mol. The van der Waals surface area contributed by atoms with Gasteiger partial charge in [0.2, 0.25) is 0 Å². The molecule has 0 aromatic heterocycles. The van der Waals surface area contributed by atoms with Crippen LogP contribution in [0, 0.1) is 0 Å². The third-order valence-corrected chi connectivity index (χ3v) is 2.28. The summed E-state index contributed by atoms with van der Waals surface area (Å²) in [4.78, 5) is 0. The predicted molar refractivity (Wildman–Crippen MR) is 70.4 cm³/mol. The summed E-state index contributed by atoms with van der Waals surface area (Å²) in [7, 11) is 0. The lowest BCUT2D eigenvalue weighted by atomic mass is 10.1. The summed E-state index contributed by atoms with van der Waals surface area (Å²) < 4.78 is 11.0. The molecule has 0 aliphatic rings. The Labute approximate surface area is 104 Å². The second-order valence-corrected chi connectivity index (χ2v) is 4.89. The van der Waals surface area contributed by atoms with Gasteiger partial charge in [-0.3, -0.25) is 0 Å². The molecule has 0 aliphatic heterocycles. The summed E-state index contributed by atoms with van der Waals surface area (Å²) >= 11 is 0. The summed E-state index contributed by atoms with van der Waals surface area (Å²) in [6.45, 7) is 7.69. The molecular formula is C14H23NO2. The minimum atomic E-state index is -0.276. The zero-order chi connectivity index (χ0) is 12.7. The van der Waals surface area contributed by atoms with Crippen molar-refractivity contribution in [3.63, 3.8) is 0 Å². The summed E-state index contributed by atoms with van der Waals surface area (Å²) in [6, 6.07) is 8.14. The Kier molecular flexibility index (Phi) is 5.45. The van der Waals surface area contributed by atoms with Gasteiger partial charge in [-0.25, -0.2) is 0 Å². The van der Waals surface area contributed by atoms with Crippen LogP contribution in [0.15, 0.2) is 24.3 Å². The highest BCUT2D eigenvalue weighted by Gasteiger charge is 2.09. The number of benzene rings is 1. The summed E-state index contributed by atoms with van der Waals surface area (Å²) in [5.41, 5.74) is 6.81. The van der Waals surface area contributed by atoms with Gasteiger partial charge in [-0.05, 0) is 38.0 Å². The molecule has 0 atom stereocenters. The summed E-state index contributed by atoms with van der Waals surface area (Å²) in [5.74, 6) is 0.903. The first-order valence-corrected chi connectivity index (χ1v) is 6.09. The van der Waals surface area contributed by atoms with E-state index in [4.69, 9.17) is 15.2 Å². The van der Waals surface area contributed by atoms with E-state index in [0.29, 0.717) is 19.8 Å². The maximum Gasteiger partial charge on any atom is 0.119 e. The molecule has 1 rings (SSSR count). The number of rotatable bonds is 7. The van der Waals surface area contributed by atoms with Crippen LogP contribution < -0.4 is 10.5 Å². The van der Waals surface area contributed by atoms with E-state index in [9.17, 15) is 0 Å². The van der Waals surface area contributed by atoms with E-state index in [0.717, 1.165) is 12.2 Å². The van der Waals surface area contributed by atoms with Crippen LogP contribution in [0.25, 0.3) is 0 Å². The fourth-order valence-corrected chi connectivity index (χ4v) is 1.41. The molecule has 0 amide bonds. The Morgan fingerprint density at radius 1 is 1.24 bits per heavy atom. The Balaban J connectivity index is 2.22. The van der Waals surface area contributed by atoms with Crippen LogP contribution in [0.1, 0.15) is 26.3 Å². The minimum Gasteiger partial charge on any atom is -0.491 e. The van der Waals surface area contributed by atoms with E-state index in [-0.39, 0.29) is 5.54 Å². The van der Waals surface area contributed by atoms with Gasteiger partial charge in [-0.1, -0.05) is 19.1 Å². The van der Waals surface area contributed by atoms with Gasteiger partial charge in [-0.2, -0.15) is 0 Å². The smallest absolute Gasteiger partial charge is 0.119 e. The van der Waals surface area contributed by atoms with Gasteiger partial charge in [-0.15, -0.1) is 0 Å². The Bertz CT molecular complexity index is 331. The molecule has 0 spiro atoms. The van der Waals surface area contributed by atoms with Crippen LogP contribution in [-0.4, -0.2) is 25.4 Å². The topological polar surface area (TPSA) is 44.5 Å². The second-order valence-electron chi connectivity index (χ2n) is 4.89. The third kappa shape index (κ3) is 6.29. The highest BCUT2D eigenvalue weighted by molar-refractivity contribution is 5.28. The van der Waals surface area contributed by atoms with Gasteiger partial charge >= 0.3 is 0 Å². The molecule has 0 saturated carbocycles. The maximum atomic E-state index is 5.80. The van der Waals surface area contributed by atoms with Crippen LogP contribution in [0.2, 0.25) is 0 Å². The molecule has 0 saturated heterocycles. The van der Waals surface area contributed by atoms with E-state index in [1.54, 1.807) is 0 Å². The first kappa shape index (κ1) is 14.0. The second kappa shape index (κ2) is 6.62.